The lowest BCUT2D eigenvalue weighted by molar-refractivity contribution is 0.00578. The van der Waals surface area contributed by atoms with Gasteiger partial charge in [0.15, 0.2) is 5.75 Å². The molecule has 8 heteroatoms. The predicted molar refractivity (Wildman–Crippen MR) is 72.7 cm³/mol. The first-order valence-corrected chi connectivity index (χ1v) is 6.29. The van der Waals surface area contributed by atoms with Crippen molar-refractivity contribution in [2.45, 2.75) is 45.8 Å². The second-order valence-corrected chi connectivity index (χ2v) is 5.73. The maximum Gasteiger partial charge on any atom is 0.516 e. The predicted octanol–water partition coefficient (Wildman–Crippen LogP) is 0.542. The molecule has 0 saturated carbocycles. The van der Waals surface area contributed by atoms with Gasteiger partial charge in [0.05, 0.1) is 17.4 Å². The Morgan fingerprint density at radius 2 is 1.85 bits per heavy atom. The topological polar surface area (TPSA) is 96.6 Å². The summed E-state index contributed by atoms with van der Waals surface area (Å²) in [5, 5.41) is 7.82. The van der Waals surface area contributed by atoms with Crippen molar-refractivity contribution < 1.29 is 18.8 Å². The molecular weight excluding hydrogens is 261 g/mol. The summed E-state index contributed by atoms with van der Waals surface area (Å²) < 4.78 is 16.7. The van der Waals surface area contributed by atoms with E-state index in [-0.39, 0.29) is 5.75 Å². The van der Waals surface area contributed by atoms with Gasteiger partial charge in [-0.05, 0) is 34.6 Å². The number of rotatable bonds is 2. The Bertz CT molecular complexity index is 532. The van der Waals surface area contributed by atoms with E-state index in [4.69, 9.17) is 19.8 Å². The molecule has 0 aromatic carbocycles. The van der Waals surface area contributed by atoms with Gasteiger partial charge in [-0.2, -0.15) is 10.2 Å². The molecule has 0 bridgehead atoms. The average molecular weight is 279 g/mol. The van der Waals surface area contributed by atoms with E-state index in [1.807, 2.05) is 27.7 Å². The lowest BCUT2D eigenvalue weighted by Crippen LogP contribution is -2.41. The number of primary amides is 1. The van der Waals surface area contributed by atoms with Gasteiger partial charge in [-0.1, -0.05) is 0 Å². The number of hydrogen-bond donors (Lipinski definition) is 1. The van der Waals surface area contributed by atoms with Crippen LogP contribution in [0.1, 0.15) is 33.3 Å². The highest BCUT2D eigenvalue weighted by atomic mass is 16.7. The lowest BCUT2D eigenvalue weighted by atomic mass is 9.81. The Hall–Kier alpha value is -1.67. The van der Waals surface area contributed by atoms with E-state index in [0.717, 1.165) is 0 Å². The van der Waals surface area contributed by atoms with Crippen LogP contribution in [0.4, 0.5) is 4.79 Å². The van der Waals surface area contributed by atoms with Crippen molar-refractivity contribution in [1.29, 1.82) is 0 Å². The zero-order valence-corrected chi connectivity index (χ0v) is 12.3. The van der Waals surface area contributed by atoms with E-state index in [1.54, 1.807) is 6.92 Å². The van der Waals surface area contributed by atoms with Gasteiger partial charge in [-0.3, -0.25) is 0 Å². The minimum Gasteiger partial charge on any atom is -0.408 e. The fourth-order valence-electron chi connectivity index (χ4n) is 1.83. The first-order chi connectivity index (χ1) is 9.14. The van der Waals surface area contributed by atoms with Gasteiger partial charge in [-0.15, -0.1) is 0 Å². The van der Waals surface area contributed by atoms with E-state index in [9.17, 15) is 4.79 Å². The summed E-state index contributed by atoms with van der Waals surface area (Å²) in [6.45, 7) is 9.52. The quantitative estimate of drug-likeness (QED) is 0.794. The largest absolute Gasteiger partial charge is 0.516 e. The molecule has 1 amide bonds. The third-order valence-corrected chi connectivity index (χ3v) is 3.78. The summed E-state index contributed by atoms with van der Waals surface area (Å²) in [7, 11) is -0.663. The smallest absolute Gasteiger partial charge is 0.408 e. The van der Waals surface area contributed by atoms with Crippen molar-refractivity contribution in [3.05, 3.63) is 11.8 Å². The summed E-state index contributed by atoms with van der Waals surface area (Å²) in [4.78, 5) is 10.8. The molecule has 0 spiro atoms. The fraction of sp³-hybridized carbons (Fsp3) is 0.583. The van der Waals surface area contributed by atoms with Crippen molar-refractivity contribution in [3.8, 4) is 5.75 Å². The molecule has 1 saturated heterocycles. The van der Waals surface area contributed by atoms with Gasteiger partial charge in [0.1, 0.15) is 5.59 Å². The van der Waals surface area contributed by atoms with Crippen LogP contribution in [0.3, 0.4) is 0 Å². The molecule has 108 valence electrons. The van der Waals surface area contributed by atoms with E-state index >= 15 is 0 Å². The molecule has 2 N–H and O–H groups in total. The number of aromatic nitrogens is 2. The van der Waals surface area contributed by atoms with Gasteiger partial charge in [0, 0.05) is 5.56 Å². The molecule has 7 nitrogen and oxygen atoms in total. The monoisotopic (exact) mass is 279 g/mol. The minimum atomic E-state index is -0.902. The Balaban J connectivity index is 2.34. The molecule has 1 aliphatic heterocycles. The third-order valence-electron chi connectivity index (χ3n) is 3.78. The SMILES string of the molecule is Cc1c(OC(N)=O)cnnc1B1OC(C)(C)C(C)(C)O1. The van der Waals surface area contributed by atoms with Crippen LogP contribution in [-0.4, -0.2) is 34.6 Å². The molecule has 2 rings (SSSR count). The van der Waals surface area contributed by atoms with Crippen LogP contribution in [0.15, 0.2) is 6.20 Å². The number of hydrogen-bond acceptors (Lipinski definition) is 6. The van der Waals surface area contributed by atoms with E-state index < -0.39 is 24.4 Å². The molecule has 0 atom stereocenters. The van der Waals surface area contributed by atoms with Gasteiger partial charge < -0.3 is 19.8 Å². The van der Waals surface area contributed by atoms with Crippen LogP contribution in [0.25, 0.3) is 0 Å². The van der Waals surface area contributed by atoms with Crippen LogP contribution in [-0.2, 0) is 9.31 Å². The van der Waals surface area contributed by atoms with Crippen molar-refractivity contribution in [3.63, 3.8) is 0 Å². The number of nitrogens with two attached hydrogens (primary N) is 1. The number of carbonyl (C=O) groups excluding carboxylic acids is 1. The molecule has 1 aliphatic rings. The summed E-state index contributed by atoms with van der Waals surface area (Å²) >= 11 is 0. The van der Waals surface area contributed by atoms with Crippen molar-refractivity contribution in [2.24, 2.45) is 5.73 Å². The van der Waals surface area contributed by atoms with Crippen LogP contribution >= 0.6 is 0 Å². The molecule has 1 aromatic heterocycles. The Morgan fingerprint density at radius 3 is 2.35 bits per heavy atom. The van der Waals surface area contributed by atoms with E-state index in [1.165, 1.54) is 6.20 Å². The number of carbonyl (C=O) groups is 1. The molecule has 0 unspecified atom stereocenters. The molecule has 20 heavy (non-hydrogen) atoms. The molecule has 2 heterocycles. The summed E-state index contributed by atoms with van der Waals surface area (Å²) in [5.74, 6) is 0.247. The van der Waals surface area contributed by atoms with E-state index in [0.29, 0.717) is 11.2 Å². The molecule has 1 fully saturated rings. The Labute approximate surface area is 117 Å². The van der Waals surface area contributed by atoms with Gasteiger partial charge >= 0.3 is 13.2 Å². The van der Waals surface area contributed by atoms with Gasteiger partial charge in [-0.25, -0.2) is 4.79 Å². The molecule has 0 aliphatic carbocycles. The molecule has 1 aromatic rings. The minimum absolute atomic E-state index is 0.247. The lowest BCUT2D eigenvalue weighted by Gasteiger charge is -2.32. The summed E-state index contributed by atoms with van der Waals surface area (Å²) in [5.41, 5.74) is 5.13. The van der Waals surface area contributed by atoms with Crippen LogP contribution in [0.5, 0.6) is 5.75 Å². The van der Waals surface area contributed by atoms with Crippen LogP contribution in [0.2, 0.25) is 0 Å². The normalized spacial score (nSPS) is 19.9. The average Bonchev–Trinajstić information content (AvgIpc) is 2.50. The van der Waals surface area contributed by atoms with E-state index in [2.05, 4.69) is 10.2 Å². The third kappa shape index (κ3) is 2.48. The first kappa shape index (κ1) is 14.7. The molecular formula is C12H18BN3O4. The fourth-order valence-corrected chi connectivity index (χ4v) is 1.83. The second-order valence-electron chi connectivity index (χ2n) is 5.73. The first-order valence-electron chi connectivity index (χ1n) is 6.29. The second kappa shape index (κ2) is 4.71. The Morgan fingerprint density at radius 1 is 1.30 bits per heavy atom. The maximum absolute atomic E-state index is 10.8. The van der Waals surface area contributed by atoms with Gasteiger partial charge in [0.2, 0.25) is 0 Å². The van der Waals surface area contributed by atoms with Crippen molar-refractivity contribution in [1.82, 2.24) is 10.2 Å². The number of ether oxygens (including phenoxy) is 1. The highest BCUT2D eigenvalue weighted by Crippen LogP contribution is 2.36. The highest BCUT2D eigenvalue weighted by molar-refractivity contribution is 6.61. The van der Waals surface area contributed by atoms with Crippen molar-refractivity contribution in [2.75, 3.05) is 0 Å². The zero-order valence-electron chi connectivity index (χ0n) is 12.3. The number of nitrogens with zero attached hydrogens (tertiary/aromatic N) is 2. The van der Waals surface area contributed by atoms with Crippen LogP contribution < -0.4 is 16.1 Å². The molecule has 0 radical (unpaired) electrons. The summed E-state index contributed by atoms with van der Waals surface area (Å²) in [6.07, 6.45) is 0.426. The highest BCUT2D eigenvalue weighted by Gasteiger charge is 2.53. The zero-order chi connectivity index (χ0) is 15.1. The van der Waals surface area contributed by atoms with Crippen LogP contribution in [0, 0.1) is 6.92 Å². The Kier molecular flexibility index (Phi) is 3.47. The van der Waals surface area contributed by atoms with Gasteiger partial charge in [0.25, 0.3) is 0 Å². The summed E-state index contributed by atoms with van der Waals surface area (Å²) in [6, 6.07) is 0. The van der Waals surface area contributed by atoms with Crippen molar-refractivity contribution >= 4 is 18.8 Å². The maximum atomic E-state index is 10.8. The number of amides is 1. The standard InChI is InChI=1S/C12H18BN3O4/c1-7-8(18-10(14)17)6-15-16-9(7)13-19-11(2,3)12(4,5)20-13/h6H,1-5H3,(H2,14,17).